The van der Waals surface area contributed by atoms with Crippen molar-refractivity contribution < 1.29 is 9.13 Å². The summed E-state index contributed by atoms with van der Waals surface area (Å²) in [6.07, 6.45) is 4.84. The average Bonchev–Trinajstić information content (AvgIpc) is 2.39. The van der Waals surface area contributed by atoms with E-state index >= 15 is 0 Å². The van der Waals surface area contributed by atoms with Gasteiger partial charge in [-0.1, -0.05) is 12.1 Å². The number of ether oxygens (including phenoxy) is 1. The third-order valence-electron chi connectivity index (χ3n) is 2.86. The summed E-state index contributed by atoms with van der Waals surface area (Å²) < 4.78 is 18.4. The van der Waals surface area contributed by atoms with E-state index in [0.29, 0.717) is 6.42 Å². The Morgan fingerprint density at radius 3 is 2.71 bits per heavy atom. The summed E-state index contributed by atoms with van der Waals surface area (Å²) in [6, 6.07) is 6.41. The maximum absolute atomic E-state index is 12.8. The van der Waals surface area contributed by atoms with Gasteiger partial charge in [0.05, 0.1) is 12.6 Å². The first-order valence-corrected chi connectivity index (χ1v) is 5.83. The summed E-state index contributed by atoms with van der Waals surface area (Å²) in [7, 11) is 0. The van der Waals surface area contributed by atoms with Crippen LogP contribution in [0.1, 0.15) is 18.4 Å². The Labute approximate surface area is 100 Å². The largest absolute Gasteiger partial charge is 0.497 e. The maximum atomic E-state index is 12.8. The summed E-state index contributed by atoms with van der Waals surface area (Å²) >= 11 is 0. The van der Waals surface area contributed by atoms with Crippen LogP contribution in [0.2, 0.25) is 0 Å². The van der Waals surface area contributed by atoms with E-state index in [1.807, 2.05) is 0 Å². The number of halogens is 1. The van der Waals surface area contributed by atoms with Crippen LogP contribution >= 0.6 is 0 Å². The molecule has 1 aliphatic heterocycles. The summed E-state index contributed by atoms with van der Waals surface area (Å²) in [6.45, 7) is 0.743. The van der Waals surface area contributed by atoms with Crippen molar-refractivity contribution in [3.8, 4) is 0 Å². The van der Waals surface area contributed by atoms with Crippen LogP contribution in [0.5, 0.6) is 0 Å². The van der Waals surface area contributed by atoms with Gasteiger partial charge in [0, 0.05) is 0 Å². The molecule has 17 heavy (non-hydrogen) atoms. The third-order valence-corrected chi connectivity index (χ3v) is 2.86. The molecule has 0 aromatic heterocycles. The van der Waals surface area contributed by atoms with Crippen LogP contribution < -0.4 is 11.3 Å². The van der Waals surface area contributed by atoms with Gasteiger partial charge in [-0.15, -0.1) is 0 Å². The van der Waals surface area contributed by atoms with E-state index in [1.165, 1.54) is 12.1 Å². The number of allylic oxidation sites excluding steroid dienone is 1. The minimum absolute atomic E-state index is 0.0410. The van der Waals surface area contributed by atoms with Crippen LogP contribution in [-0.2, 0) is 11.2 Å². The normalized spacial score (nSPS) is 17.2. The predicted octanol–water partition coefficient (Wildman–Crippen LogP) is 1.89. The zero-order valence-electron chi connectivity index (χ0n) is 9.66. The minimum Gasteiger partial charge on any atom is -0.497 e. The average molecular weight is 236 g/mol. The van der Waals surface area contributed by atoms with Crippen molar-refractivity contribution >= 4 is 0 Å². The monoisotopic (exact) mass is 236 g/mol. The Morgan fingerprint density at radius 2 is 2.12 bits per heavy atom. The van der Waals surface area contributed by atoms with Crippen molar-refractivity contribution in [2.75, 3.05) is 6.61 Å². The molecule has 1 atom stereocenters. The minimum atomic E-state index is -0.223. The Hall–Kier alpha value is -1.39. The van der Waals surface area contributed by atoms with Crippen LogP contribution in [0.15, 0.2) is 36.1 Å². The van der Waals surface area contributed by atoms with E-state index in [2.05, 4.69) is 11.5 Å². The zero-order chi connectivity index (χ0) is 12.1. The van der Waals surface area contributed by atoms with Crippen LogP contribution in [0, 0.1) is 5.82 Å². The molecule has 1 unspecified atom stereocenters. The third kappa shape index (κ3) is 3.28. The van der Waals surface area contributed by atoms with Crippen molar-refractivity contribution in [3.63, 3.8) is 0 Å². The lowest BCUT2D eigenvalue weighted by Crippen LogP contribution is -2.39. The Morgan fingerprint density at radius 1 is 1.35 bits per heavy atom. The van der Waals surface area contributed by atoms with E-state index in [4.69, 9.17) is 10.6 Å². The van der Waals surface area contributed by atoms with Gasteiger partial charge in [0.1, 0.15) is 11.6 Å². The summed E-state index contributed by atoms with van der Waals surface area (Å²) in [5, 5.41) is 0. The fraction of sp³-hybridized carbons (Fsp3) is 0.385. The lowest BCUT2D eigenvalue weighted by molar-refractivity contribution is 0.167. The first kappa shape index (κ1) is 12.1. The highest BCUT2D eigenvalue weighted by Crippen LogP contribution is 2.17. The van der Waals surface area contributed by atoms with Gasteiger partial charge < -0.3 is 4.74 Å². The van der Waals surface area contributed by atoms with Gasteiger partial charge in [-0.25, -0.2) is 9.82 Å². The Bertz CT molecular complexity index is 389. The first-order chi connectivity index (χ1) is 8.29. The number of hydrazine groups is 1. The van der Waals surface area contributed by atoms with Crippen LogP contribution in [0.3, 0.4) is 0 Å². The zero-order valence-corrected chi connectivity index (χ0v) is 9.66. The van der Waals surface area contributed by atoms with Gasteiger partial charge in [-0.2, -0.15) is 0 Å². The van der Waals surface area contributed by atoms with E-state index in [0.717, 1.165) is 30.8 Å². The standard InChI is InChI=1S/C13H17FN2O/c14-11-6-4-10(5-7-11)9-12(16-15)13-3-1-2-8-17-13/h3-7,12,16H,1-2,8-9,15H2. The molecule has 0 saturated heterocycles. The lowest BCUT2D eigenvalue weighted by Gasteiger charge is -2.23. The molecule has 0 fully saturated rings. The number of hydrogen-bond acceptors (Lipinski definition) is 3. The number of rotatable bonds is 4. The van der Waals surface area contributed by atoms with Crippen molar-refractivity contribution in [1.29, 1.82) is 0 Å². The van der Waals surface area contributed by atoms with Gasteiger partial charge in [-0.05, 0) is 43.0 Å². The fourth-order valence-electron chi connectivity index (χ4n) is 1.92. The van der Waals surface area contributed by atoms with Crippen molar-refractivity contribution in [1.82, 2.24) is 5.43 Å². The van der Waals surface area contributed by atoms with E-state index < -0.39 is 0 Å². The quantitative estimate of drug-likeness (QED) is 0.620. The van der Waals surface area contributed by atoms with Gasteiger partial charge >= 0.3 is 0 Å². The smallest absolute Gasteiger partial charge is 0.123 e. The highest BCUT2D eigenvalue weighted by atomic mass is 19.1. The van der Waals surface area contributed by atoms with Gasteiger partial charge in [0.2, 0.25) is 0 Å². The number of hydrogen-bond donors (Lipinski definition) is 2. The Balaban J connectivity index is 2.04. The molecular weight excluding hydrogens is 219 g/mol. The molecule has 1 aromatic carbocycles. The molecule has 1 heterocycles. The molecule has 3 N–H and O–H groups in total. The molecule has 1 aliphatic rings. The van der Waals surface area contributed by atoms with Crippen LogP contribution in [0.4, 0.5) is 4.39 Å². The SMILES string of the molecule is NNC(Cc1ccc(F)cc1)C1=CCCCO1. The second-order valence-corrected chi connectivity index (χ2v) is 4.15. The molecule has 3 nitrogen and oxygen atoms in total. The molecule has 0 saturated carbocycles. The molecule has 4 heteroatoms. The number of benzene rings is 1. The van der Waals surface area contributed by atoms with E-state index in [1.54, 1.807) is 12.1 Å². The highest BCUT2D eigenvalue weighted by Gasteiger charge is 2.16. The summed E-state index contributed by atoms with van der Waals surface area (Å²) in [4.78, 5) is 0. The lowest BCUT2D eigenvalue weighted by atomic mass is 10.0. The maximum Gasteiger partial charge on any atom is 0.123 e. The van der Waals surface area contributed by atoms with Gasteiger partial charge in [0.15, 0.2) is 0 Å². The molecular formula is C13H17FN2O. The molecule has 0 amide bonds. The van der Waals surface area contributed by atoms with Crippen LogP contribution in [-0.4, -0.2) is 12.6 Å². The number of nitrogens with two attached hydrogens (primary N) is 1. The Kier molecular flexibility index (Phi) is 4.12. The van der Waals surface area contributed by atoms with E-state index in [-0.39, 0.29) is 11.9 Å². The second-order valence-electron chi connectivity index (χ2n) is 4.15. The summed E-state index contributed by atoms with van der Waals surface area (Å²) in [5.74, 6) is 6.21. The topological polar surface area (TPSA) is 47.3 Å². The molecule has 92 valence electrons. The van der Waals surface area contributed by atoms with Crippen molar-refractivity contribution in [3.05, 3.63) is 47.5 Å². The molecule has 0 bridgehead atoms. The van der Waals surface area contributed by atoms with E-state index in [9.17, 15) is 4.39 Å². The molecule has 1 aromatic rings. The fourth-order valence-corrected chi connectivity index (χ4v) is 1.92. The van der Waals surface area contributed by atoms with Gasteiger partial charge in [0.25, 0.3) is 0 Å². The summed E-state index contributed by atoms with van der Waals surface area (Å²) in [5.41, 5.74) is 3.78. The molecule has 0 spiro atoms. The molecule has 0 aliphatic carbocycles. The predicted molar refractivity (Wildman–Crippen MR) is 64.5 cm³/mol. The van der Waals surface area contributed by atoms with Gasteiger partial charge in [-0.3, -0.25) is 5.84 Å². The van der Waals surface area contributed by atoms with Crippen molar-refractivity contribution in [2.24, 2.45) is 5.84 Å². The first-order valence-electron chi connectivity index (χ1n) is 5.83. The highest BCUT2D eigenvalue weighted by molar-refractivity contribution is 5.20. The van der Waals surface area contributed by atoms with Crippen molar-refractivity contribution in [2.45, 2.75) is 25.3 Å². The molecule has 2 rings (SSSR count). The van der Waals surface area contributed by atoms with Crippen LogP contribution in [0.25, 0.3) is 0 Å². The molecule has 0 radical (unpaired) electrons. The second kappa shape index (κ2) is 5.80. The number of nitrogens with one attached hydrogen (secondary N) is 1.